The zero-order valence-electron chi connectivity index (χ0n) is 10.1. The first-order valence-corrected chi connectivity index (χ1v) is 5.32. The maximum Gasteiger partial charge on any atom is 0.303 e. The van der Waals surface area contributed by atoms with Gasteiger partial charge in [-0.15, -0.1) is 0 Å². The van der Waals surface area contributed by atoms with Gasteiger partial charge in [0.05, 0.1) is 6.61 Å². The number of ketones is 1. The molecule has 0 aromatic rings. The van der Waals surface area contributed by atoms with Gasteiger partial charge in [0.2, 0.25) is 0 Å². The fourth-order valence-corrected chi connectivity index (χ4v) is 0.816. The molecule has 18 heavy (non-hydrogen) atoms. The summed E-state index contributed by atoms with van der Waals surface area (Å²) in [5.74, 6) is -1.72. The molecule has 0 radical (unpaired) electrons. The van der Waals surface area contributed by atoms with E-state index >= 15 is 0 Å². The van der Waals surface area contributed by atoms with Gasteiger partial charge in [0.1, 0.15) is 24.9 Å². The number of rotatable bonds is 7. The van der Waals surface area contributed by atoms with Crippen LogP contribution in [0.25, 0.3) is 0 Å². The highest BCUT2D eigenvalue weighted by atomic mass is 16.4. The minimum atomic E-state index is -1.86. The topological polar surface area (TPSA) is 156 Å². The van der Waals surface area contributed by atoms with Crippen LogP contribution in [0.2, 0.25) is 0 Å². The van der Waals surface area contributed by atoms with E-state index in [4.69, 9.17) is 30.6 Å². The van der Waals surface area contributed by atoms with Crippen LogP contribution in [0.4, 0.5) is 0 Å². The Morgan fingerprint density at radius 1 is 1.11 bits per heavy atom. The second-order valence-electron chi connectivity index (χ2n) is 3.45. The van der Waals surface area contributed by atoms with Crippen LogP contribution in [0.1, 0.15) is 19.8 Å². The normalized spacial score (nSPS) is 15.0. The SMILES string of the molecule is CCCC(=O)O.O=C(CO)[C@H](O)[C@@H](O)[C@H](O)CO. The van der Waals surface area contributed by atoms with Gasteiger partial charge in [0.25, 0.3) is 0 Å². The maximum atomic E-state index is 10.5. The van der Waals surface area contributed by atoms with Gasteiger partial charge in [-0.05, 0) is 6.42 Å². The molecule has 108 valence electrons. The van der Waals surface area contributed by atoms with Crippen molar-refractivity contribution < 1.29 is 40.2 Å². The first-order valence-electron chi connectivity index (χ1n) is 5.32. The zero-order valence-corrected chi connectivity index (χ0v) is 10.1. The van der Waals surface area contributed by atoms with Crippen molar-refractivity contribution in [1.29, 1.82) is 0 Å². The number of Topliss-reactive ketones (excluding diaryl/α,β-unsaturated/α-hetero) is 1. The molecule has 0 fully saturated rings. The third-order valence-corrected chi connectivity index (χ3v) is 1.85. The Labute approximate surface area is 104 Å². The van der Waals surface area contributed by atoms with E-state index < -0.39 is 43.3 Å². The molecule has 0 rings (SSSR count). The Bertz CT molecular complexity index is 242. The van der Waals surface area contributed by atoms with Gasteiger partial charge >= 0.3 is 5.97 Å². The molecule has 0 spiro atoms. The van der Waals surface area contributed by atoms with Crippen molar-refractivity contribution in [2.45, 2.75) is 38.1 Å². The van der Waals surface area contributed by atoms with Gasteiger partial charge in [0.15, 0.2) is 5.78 Å². The Kier molecular flexibility index (Phi) is 11.8. The number of aliphatic carboxylic acids is 1. The highest BCUT2D eigenvalue weighted by Crippen LogP contribution is 2.00. The van der Waals surface area contributed by atoms with Gasteiger partial charge < -0.3 is 30.6 Å². The third kappa shape index (κ3) is 9.02. The average Bonchev–Trinajstić information content (AvgIpc) is 2.35. The van der Waals surface area contributed by atoms with E-state index in [1.54, 1.807) is 0 Å². The van der Waals surface area contributed by atoms with Crippen molar-refractivity contribution >= 4 is 11.8 Å². The van der Waals surface area contributed by atoms with Crippen LogP contribution in [0, 0.1) is 0 Å². The summed E-state index contributed by atoms with van der Waals surface area (Å²) in [5, 5.41) is 51.0. The molecule has 0 saturated carbocycles. The summed E-state index contributed by atoms with van der Waals surface area (Å²) in [4.78, 5) is 20.1. The van der Waals surface area contributed by atoms with E-state index in [1.165, 1.54) is 0 Å². The predicted octanol–water partition coefficient (Wildman–Crippen LogP) is -2.51. The summed E-state index contributed by atoms with van der Waals surface area (Å²) in [6, 6.07) is 0. The first-order chi connectivity index (χ1) is 8.31. The van der Waals surface area contributed by atoms with Crippen molar-refractivity contribution in [3.8, 4) is 0 Å². The molecule has 0 saturated heterocycles. The average molecular weight is 268 g/mol. The molecule has 0 amide bonds. The van der Waals surface area contributed by atoms with Crippen LogP contribution >= 0.6 is 0 Å². The molecular formula is C10H20O8. The van der Waals surface area contributed by atoms with Crippen LogP contribution in [-0.2, 0) is 9.59 Å². The number of hydrogen-bond acceptors (Lipinski definition) is 7. The van der Waals surface area contributed by atoms with E-state index in [1.807, 2.05) is 6.92 Å². The summed E-state index contributed by atoms with van der Waals surface area (Å²) >= 11 is 0. The van der Waals surface area contributed by atoms with Crippen molar-refractivity contribution in [3.05, 3.63) is 0 Å². The summed E-state index contributed by atoms with van der Waals surface area (Å²) in [7, 11) is 0. The number of aliphatic hydroxyl groups excluding tert-OH is 5. The molecule has 0 unspecified atom stereocenters. The van der Waals surface area contributed by atoms with E-state index in [9.17, 15) is 9.59 Å². The molecule has 8 nitrogen and oxygen atoms in total. The number of carbonyl (C=O) groups is 2. The highest BCUT2D eigenvalue weighted by Gasteiger charge is 2.28. The molecule has 3 atom stereocenters. The predicted molar refractivity (Wildman–Crippen MR) is 59.7 cm³/mol. The Morgan fingerprint density at radius 3 is 1.83 bits per heavy atom. The lowest BCUT2D eigenvalue weighted by Crippen LogP contribution is -2.44. The van der Waals surface area contributed by atoms with E-state index in [0.29, 0.717) is 6.42 Å². The largest absolute Gasteiger partial charge is 0.481 e. The second-order valence-corrected chi connectivity index (χ2v) is 3.45. The molecule has 0 heterocycles. The molecule has 0 aromatic carbocycles. The second kappa shape index (κ2) is 11.1. The Balaban J connectivity index is 0. The molecule has 8 heteroatoms. The highest BCUT2D eigenvalue weighted by molar-refractivity contribution is 5.84. The summed E-state index contributed by atoms with van der Waals surface area (Å²) in [6.45, 7) is 0.154. The molecule has 6 N–H and O–H groups in total. The quantitative estimate of drug-likeness (QED) is 0.296. The molecular weight excluding hydrogens is 248 g/mol. The smallest absolute Gasteiger partial charge is 0.303 e. The minimum absolute atomic E-state index is 0.292. The fourth-order valence-electron chi connectivity index (χ4n) is 0.816. The minimum Gasteiger partial charge on any atom is -0.481 e. The molecule has 0 aliphatic carbocycles. The number of hydrogen-bond donors (Lipinski definition) is 6. The summed E-state index contributed by atoms with van der Waals surface area (Å²) < 4.78 is 0. The molecule has 0 bridgehead atoms. The van der Waals surface area contributed by atoms with Crippen LogP contribution in [0.3, 0.4) is 0 Å². The summed E-state index contributed by atoms with van der Waals surface area (Å²) in [6.07, 6.45) is -4.20. The monoisotopic (exact) mass is 268 g/mol. The lowest BCUT2D eigenvalue weighted by atomic mass is 10.1. The summed E-state index contributed by atoms with van der Waals surface area (Å²) in [5.41, 5.74) is 0. The van der Waals surface area contributed by atoms with Crippen molar-refractivity contribution in [2.75, 3.05) is 13.2 Å². The number of aliphatic hydroxyl groups is 5. The molecule has 0 aliphatic heterocycles. The van der Waals surface area contributed by atoms with Crippen molar-refractivity contribution in [2.24, 2.45) is 0 Å². The maximum absolute atomic E-state index is 10.5. The number of carbonyl (C=O) groups excluding carboxylic acids is 1. The number of carboxylic acid groups (broad SMARTS) is 1. The first kappa shape index (κ1) is 19.3. The van der Waals surface area contributed by atoms with Gasteiger partial charge in [-0.25, -0.2) is 0 Å². The van der Waals surface area contributed by atoms with Crippen molar-refractivity contribution in [1.82, 2.24) is 0 Å². The fraction of sp³-hybridized carbons (Fsp3) is 0.800. The Morgan fingerprint density at radius 2 is 1.61 bits per heavy atom. The van der Waals surface area contributed by atoms with Crippen LogP contribution in [-0.4, -0.2) is 73.9 Å². The molecule has 0 aliphatic rings. The van der Waals surface area contributed by atoms with Gasteiger partial charge in [-0.1, -0.05) is 6.92 Å². The lowest BCUT2D eigenvalue weighted by Gasteiger charge is -2.19. The van der Waals surface area contributed by atoms with Gasteiger partial charge in [0, 0.05) is 6.42 Å². The third-order valence-electron chi connectivity index (χ3n) is 1.85. The van der Waals surface area contributed by atoms with Crippen LogP contribution in [0.5, 0.6) is 0 Å². The van der Waals surface area contributed by atoms with Crippen LogP contribution in [0.15, 0.2) is 0 Å². The lowest BCUT2D eigenvalue weighted by molar-refractivity contribution is -0.142. The number of carboxylic acids is 1. The Hall–Kier alpha value is -1.06. The van der Waals surface area contributed by atoms with E-state index in [2.05, 4.69) is 0 Å². The van der Waals surface area contributed by atoms with E-state index in [0.717, 1.165) is 6.42 Å². The zero-order chi connectivity index (χ0) is 14.7. The van der Waals surface area contributed by atoms with Gasteiger partial charge in [-0.3, -0.25) is 9.59 Å². The van der Waals surface area contributed by atoms with Gasteiger partial charge in [-0.2, -0.15) is 0 Å². The van der Waals surface area contributed by atoms with Crippen LogP contribution < -0.4 is 0 Å². The van der Waals surface area contributed by atoms with Crippen molar-refractivity contribution in [3.63, 3.8) is 0 Å². The molecule has 0 aromatic heterocycles. The van der Waals surface area contributed by atoms with E-state index in [-0.39, 0.29) is 0 Å². The standard InChI is InChI=1S/C6H12O6.C4H8O2/c7-1-3(9)5(11)6(12)4(10)2-8;1-2-3-4(5)6/h3,5-9,11-12H,1-2H2;2-3H2,1H3,(H,5,6)/t3-,5+,6+;/m1./s1.